The van der Waals surface area contributed by atoms with Crippen LogP contribution in [0.5, 0.6) is 0 Å². The predicted octanol–water partition coefficient (Wildman–Crippen LogP) is 2.47. The van der Waals surface area contributed by atoms with Gasteiger partial charge in [0.1, 0.15) is 5.78 Å². The number of sulfonamides is 1. The van der Waals surface area contributed by atoms with Crippen molar-refractivity contribution in [1.29, 1.82) is 0 Å². The summed E-state index contributed by atoms with van der Waals surface area (Å²) in [6.45, 7) is 0. The number of benzene rings is 1. The first-order chi connectivity index (χ1) is 8.91. The average molecular weight is 302 g/mol. The largest absolute Gasteiger partial charge is 0.300 e. The van der Waals surface area contributed by atoms with Crippen molar-refractivity contribution in [2.75, 3.05) is 7.05 Å². The zero-order valence-electron chi connectivity index (χ0n) is 10.7. The van der Waals surface area contributed by atoms with E-state index in [-0.39, 0.29) is 16.7 Å². The van der Waals surface area contributed by atoms with E-state index in [1.54, 1.807) is 19.2 Å². The van der Waals surface area contributed by atoms with Crippen LogP contribution in [0.25, 0.3) is 0 Å². The maximum absolute atomic E-state index is 12.4. The number of carbonyl (C=O) groups is 1. The van der Waals surface area contributed by atoms with Crippen LogP contribution >= 0.6 is 11.6 Å². The van der Waals surface area contributed by atoms with Crippen molar-refractivity contribution >= 4 is 27.4 Å². The van der Waals surface area contributed by atoms with Crippen LogP contribution in [0.1, 0.15) is 25.7 Å². The average Bonchev–Trinajstić information content (AvgIpc) is 2.39. The van der Waals surface area contributed by atoms with Crippen LogP contribution in [0.3, 0.4) is 0 Å². The van der Waals surface area contributed by atoms with Gasteiger partial charge in [0.25, 0.3) is 0 Å². The highest BCUT2D eigenvalue weighted by Gasteiger charge is 2.30. The third kappa shape index (κ3) is 3.16. The van der Waals surface area contributed by atoms with Gasteiger partial charge < -0.3 is 0 Å². The number of rotatable bonds is 3. The lowest BCUT2D eigenvalue weighted by Crippen LogP contribution is -2.39. The molecule has 1 fully saturated rings. The number of carbonyl (C=O) groups excluding carboxylic acids is 1. The maximum Gasteiger partial charge on any atom is 0.243 e. The molecule has 0 heterocycles. The molecule has 0 saturated heterocycles. The highest BCUT2D eigenvalue weighted by atomic mass is 35.5. The Morgan fingerprint density at radius 3 is 2.21 bits per heavy atom. The molecule has 1 aromatic carbocycles. The molecule has 0 bridgehead atoms. The Labute approximate surface area is 118 Å². The van der Waals surface area contributed by atoms with Gasteiger partial charge in [-0.2, -0.15) is 4.31 Å². The van der Waals surface area contributed by atoms with E-state index in [9.17, 15) is 13.2 Å². The number of Topliss-reactive ketones (excluding diaryl/α,β-unsaturated/α-hetero) is 1. The van der Waals surface area contributed by atoms with E-state index in [4.69, 9.17) is 11.6 Å². The highest BCUT2D eigenvalue weighted by molar-refractivity contribution is 7.89. The SMILES string of the molecule is CN(C1CCC(=O)CC1)S(=O)(=O)c1ccc(Cl)cc1. The Kier molecular flexibility index (Phi) is 4.28. The van der Waals surface area contributed by atoms with Crippen LogP contribution in [-0.4, -0.2) is 31.6 Å². The van der Waals surface area contributed by atoms with E-state index in [1.807, 2.05) is 0 Å². The predicted molar refractivity (Wildman–Crippen MR) is 73.7 cm³/mol. The van der Waals surface area contributed by atoms with Gasteiger partial charge in [-0.25, -0.2) is 8.42 Å². The topological polar surface area (TPSA) is 54.5 Å². The second kappa shape index (κ2) is 5.61. The fourth-order valence-corrected chi connectivity index (χ4v) is 3.80. The van der Waals surface area contributed by atoms with Gasteiger partial charge in [-0.05, 0) is 37.1 Å². The van der Waals surface area contributed by atoms with Gasteiger partial charge in [0.15, 0.2) is 0 Å². The Balaban J connectivity index is 2.19. The third-order valence-corrected chi connectivity index (χ3v) is 5.69. The molecular formula is C13H16ClNO3S. The van der Waals surface area contributed by atoms with Gasteiger partial charge in [-0.3, -0.25) is 4.79 Å². The minimum absolute atomic E-state index is 0.0987. The van der Waals surface area contributed by atoms with Crippen molar-refractivity contribution in [2.45, 2.75) is 36.6 Å². The molecule has 19 heavy (non-hydrogen) atoms. The first kappa shape index (κ1) is 14.5. The lowest BCUT2D eigenvalue weighted by Gasteiger charge is -2.29. The van der Waals surface area contributed by atoms with Gasteiger partial charge in [0.2, 0.25) is 10.0 Å². The van der Waals surface area contributed by atoms with Gasteiger partial charge in [0, 0.05) is 31.0 Å². The van der Waals surface area contributed by atoms with E-state index < -0.39 is 10.0 Å². The van der Waals surface area contributed by atoms with Gasteiger partial charge >= 0.3 is 0 Å². The lowest BCUT2D eigenvalue weighted by molar-refractivity contribution is -0.120. The Morgan fingerprint density at radius 1 is 1.16 bits per heavy atom. The Bertz CT molecular complexity index is 558. The molecule has 0 aliphatic heterocycles. The van der Waals surface area contributed by atoms with Crippen molar-refractivity contribution < 1.29 is 13.2 Å². The van der Waals surface area contributed by atoms with E-state index in [0.29, 0.717) is 30.7 Å². The van der Waals surface area contributed by atoms with Crippen LogP contribution in [0.2, 0.25) is 5.02 Å². The number of hydrogen-bond acceptors (Lipinski definition) is 3. The fraction of sp³-hybridized carbons (Fsp3) is 0.462. The molecule has 0 N–H and O–H groups in total. The molecule has 1 aliphatic carbocycles. The summed E-state index contributed by atoms with van der Waals surface area (Å²) in [7, 11) is -1.94. The molecule has 6 heteroatoms. The Hall–Kier alpha value is -0.910. The standard InChI is InChI=1S/C13H16ClNO3S/c1-15(11-4-6-12(16)7-5-11)19(17,18)13-8-2-10(14)3-9-13/h2-3,8-9,11H,4-7H2,1H3. The van der Waals surface area contributed by atoms with Crippen molar-refractivity contribution in [1.82, 2.24) is 4.31 Å². The molecule has 2 rings (SSSR count). The van der Waals surface area contributed by atoms with Crippen molar-refractivity contribution in [2.24, 2.45) is 0 Å². The van der Waals surface area contributed by atoms with E-state index >= 15 is 0 Å². The summed E-state index contributed by atoms with van der Waals surface area (Å²) in [5.74, 6) is 0.216. The molecule has 104 valence electrons. The second-order valence-electron chi connectivity index (χ2n) is 4.75. The van der Waals surface area contributed by atoms with Crippen molar-refractivity contribution in [3.05, 3.63) is 29.3 Å². The Morgan fingerprint density at radius 2 is 1.68 bits per heavy atom. The molecule has 0 spiro atoms. The molecule has 0 unspecified atom stereocenters. The summed E-state index contributed by atoms with van der Waals surface area (Å²) in [5, 5.41) is 0.505. The third-order valence-electron chi connectivity index (χ3n) is 3.52. The molecule has 1 saturated carbocycles. The molecule has 0 radical (unpaired) electrons. The highest BCUT2D eigenvalue weighted by Crippen LogP contribution is 2.25. The normalized spacial score (nSPS) is 17.9. The molecule has 0 aromatic heterocycles. The summed E-state index contributed by atoms with van der Waals surface area (Å²) in [4.78, 5) is 11.4. The number of halogens is 1. The molecule has 1 aromatic rings. The zero-order chi connectivity index (χ0) is 14.0. The van der Waals surface area contributed by atoms with Crippen LogP contribution < -0.4 is 0 Å². The van der Waals surface area contributed by atoms with Crippen molar-refractivity contribution in [3.8, 4) is 0 Å². The summed E-state index contributed by atoms with van der Waals surface area (Å²) in [5.41, 5.74) is 0. The van der Waals surface area contributed by atoms with Crippen LogP contribution in [0.15, 0.2) is 29.2 Å². The lowest BCUT2D eigenvalue weighted by atomic mass is 9.95. The summed E-state index contributed by atoms with van der Waals surface area (Å²) < 4.78 is 26.2. The van der Waals surface area contributed by atoms with E-state index in [2.05, 4.69) is 0 Å². The molecule has 1 aliphatic rings. The number of ketones is 1. The minimum Gasteiger partial charge on any atom is -0.300 e. The fourth-order valence-electron chi connectivity index (χ4n) is 2.26. The molecule has 0 atom stereocenters. The zero-order valence-corrected chi connectivity index (χ0v) is 12.2. The first-order valence-electron chi connectivity index (χ1n) is 6.16. The summed E-state index contributed by atoms with van der Waals surface area (Å²) in [6, 6.07) is 6.03. The number of hydrogen-bond donors (Lipinski definition) is 0. The second-order valence-corrected chi connectivity index (χ2v) is 7.18. The monoisotopic (exact) mass is 301 g/mol. The van der Waals surface area contributed by atoms with E-state index in [1.165, 1.54) is 16.4 Å². The van der Waals surface area contributed by atoms with Crippen LogP contribution in [-0.2, 0) is 14.8 Å². The summed E-state index contributed by atoms with van der Waals surface area (Å²) in [6.07, 6.45) is 2.13. The summed E-state index contributed by atoms with van der Waals surface area (Å²) >= 11 is 5.76. The van der Waals surface area contributed by atoms with Gasteiger partial charge in [-0.1, -0.05) is 11.6 Å². The quantitative estimate of drug-likeness (QED) is 0.862. The number of nitrogens with zero attached hydrogens (tertiary/aromatic N) is 1. The van der Waals surface area contributed by atoms with E-state index in [0.717, 1.165) is 0 Å². The minimum atomic E-state index is -3.51. The van der Waals surface area contributed by atoms with Gasteiger partial charge in [-0.15, -0.1) is 0 Å². The smallest absolute Gasteiger partial charge is 0.243 e. The first-order valence-corrected chi connectivity index (χ1v) is 7.98. The van der Waals surface area contributed by atoms with Crippen LogP contribution in [0, 0.1) is 0 Å². The molecule has 4 nitrogen and oxygen atoms in total. The van der Waals surface area contributed by atoms with Gasteiger partial charge in [0.05, 0.1) is 4.90 Å². The molecule has 0 amide bonds. The molecular weight excluding hydrogens is 286 g/mol. The maximum atomic E-state index is 12.4. The van der Waals surface area contributed by atoms with Crippen LogP contribution in [0.4, 0.5) is 0 Å². The van der Waals surface area contributed by atoms with Crippen molar-refractivity contribution in [3.63, 3.8) is 0 Å².